The average Bonchev–Trinajstić information content (AvgIpc) is 3.17. The average molecular weight is 381 g/mol. The smallest absolute Gasteiger partial charge is 0.321 e. The fourth-order valence-corrected chi connectivity index (χ4v) is 3.48. The maximum Gasteiger partial charge on any atom is 0.321 e. The molecule has 1 N–H and O–H groups in total. The fourth-order valence-electron chi connectivity index (χ4n) is 3.48. The monoisotopic (exact) mass is 381 g/mol. The van der Waals surface area contributed by atoms with Crippen LogP contribution in [0.2, 0.25) is 0 Å². The van der Waals surface area contributed by atoms with E-state index in [2.05, 4.69) is 10.3 Å². The molecular weight excluding hydrogens is 358 g/mol. The topological polar surface area (TPSA) is 76.8 Å². The highest BCUT2D eigenvalue weighted by Crippen LogP contribution is 2.31. The molecule has 0 saturated carbocycles. The Morgan fingerprint density at radius 1 is 1.11 bits per heavy atom. The van der Waals surface area contributed by atoms with Crippen LogP contribution in [0.4, 0.5) is 10.5 Å². The molecule has 1 aliphatic heterocycles. The van der Waals surface area contributed by atoms with Crippen LogP contribution in [0.25, 0.3) is 11.1 Å². The number of carbonyl (C=O) groups is 1. The first-order valence-corrected chi connectivity index (χ1v) is 9.30. The highest BCUT2D eigenvalue weighted by Gasteiger charge is 2.27. The molecule has 3 aromatic rings. The summed E-state index contributed by atoms with van der Waals surface area (Å²) in [5, 5.41) is 2.93. The van der Waals surface area contributed by atoms with Gasteiger partial charge < -0.3 is 24.1 Å². The predicted octanol–water partition coefficient (Wildman–Crippen LogP) is 4.26. The molecule has 2 aromatic carbocycles. The molecule has 0 aliphatic carbocycles. The van der Waals surface area contributed by atoms with Gasteiger partial charge in [0.25, 0.3) is 0 Å². The Labute approximate surface area is 163 Å². The van der Waals surface area contributed by atoms with Crippen LogP contribution in [-0.2, 0) is 0 Å². The van der Waals surface area contributed by atoms with E-state index in [1.807, 2.05) is 29.2 Å². The van der Waals surface area contributed by atoms with Crippen molar-refractivity contribution < 1.29 is 18.7 Å². The number of benzene rings is 2. The Hall–Kier alpha value is -3.22. The summed E-state index contributed by atoms with van der Waals surface area (Å²) in [7, 11) is 3.16. The summed E-state index contributed by atoms with van der Waals surface area (Å²) in [4.78, 5) is 19.1. The lowest BCUT2D eigenvalue weighted by molar-refractivity contribution is 0.190. The van der Waals surface area contributed by atoms with E-state index < -0.39 is 0 Å². The Morgan fingerprint density at radius 3 is 2.43 bits per heavy atom. The summed E-state index contributed by atoms with van der Waals surface area (Å²) in [6, 6.07) is 12.9. The maximum atomic E-state index is 12.6. The molecule has 28 heavy (non-hydrogen) atoms. The molecule has 146 valence electrons. The molecule has 4 rings (SSSR count). The van der Waals surface area contributed by atoms with E-state index >= 15 is 0 Å². The van der Waals surface area contributed by atoms with Crippen LogP contribution in [0.5, 0.6) is 11.5 Å². The van der Waals surface area contributed by atoms with E-state index in [1.54, 1.807) is 32.4 Å². The number of anilines is 1. The number of likely N-dealkylation sites (tertiary alicyclic amines) is 1. The summed E-state index contributed by atoms with van der Waals surface area (Å²) in [6.07, 6.45) is 1.64. The van der Waals surface area contributed by atoms with Crippen molar-refractivity contribution in [2.45, 2.75) is 18.8 Å². The van der Waals surface area contributed by atoms with Gasteiger partial charge in [0.15, 0.2) is 11.5 Å². The SMILES string of the molecule is COc1cc(NC(=O)N2CCC(c3nc4ccccc4o3)CC2)cc(OC)c1. The summed E-state index contributed by atoms with van der Waals surface area (Å²) in [5.74, 6) is 2.25. The quantitative estimate of drug-likeness (QED) is 0.731. The van der Waals surface area contributed by atoms with Gasteiger partial charge in [-0.25, -0.2) is 9.78 Å². The number of nitrogens with one attached hydrogen (secondary N) is 1. The van der Waals surface area contributed by atoms with Crippen molar-refractivity contribution in [3.05, 3.63) is 48.4 Å². The van der Waals surface area contributed by atoms with Crippen molar-refractivity contribution in [3.8, 4) is 11.5 Å². The number of carbonyl (C=O) groups excluding carboxylic acids is 1. The number of piperidine rings is 1. The molecule has 0 unspecified atom stereocenters. The molecule has 2 amide bonds. The molecule has 1 aromatic heterocycles. The van der Waals surface area contributed by atoms with Crippen molar-refractivity contribution in [2.24, 2.45) is 0 Å². The molecule has 1 aliphatic rings. The minimum atomic E-state index is -0.133. The lowest BCUT2D eigenvalue weighted by Crippen LogP contribution is -2.40. The molecule has 7 nitrogen and oxygen atoms in total. The van der Waals surface area contributed by atoms with Crippen molar-refractivity contribution >= 4 is 22.8 Å². The standard InChI is InChI=1S/C21H23N3O4/c1-26-16-11-15(12-17(13-16)27-2)22-21(25)24-9-7-14(8-10-24)20-23-18-5-3-4-6-19(18)28-20/h3-6,11-14H,7-10H2,1-2H3,(H,22,25). The minimum Gasteiger partial charge on any atom is -0.497 e. The van der Waals surface area contributed by atoms with Gasteiger partial charge in [-0.3, -0.25) is 0 Å². The zero-order valence-electron chi connectivity index (χ0n) is 16.0. The summed E-state index contributed by atoms with van der Waals surface area (Å²) in [5.41, 5.74) is 2.33. The molecule has 1 fully saturated rings. The zero-order valence-corrected chi connectivity index (χ0v) is 16.0. The Bertz CT molecular complexity index is 921. The third-order valence-electron chi connectivity index (χ3n) is 5.04. The predicted molar refractivity (Wildman–Crippen MR) is 106 cm³/mol. The van der Waals surface area contributed by atoms with Crippen LogP contribution in [0, 0.1) is 0 Å². The summed E-state index contributed by atoms with van der Waals surface area (Å²) < 4.78 is 16.4. The van der Waals surface area contributed by atoms with Crippen LogP contribution in [0.15, 0.2) is 46.9 Å². The second-order valence-corrected chi connectivity index (χ2v) is 6.81. The number of nitrogens with zero attached hydrogens (tertiary/aromatic N) is 2. The number of aromatic nitrogens is 1. The Balaban J connectivity index is 1.38. The van der Waals surface area contributed by atoms with Crippen LogP contribution in [0.3, 0.4) is 0 Å². The van der Waals surface area contributed by atoms with Crippen molar-refractivity contribution in [2.75, 3.05) is 32.6 Å². The number of para-hydroxylation sites is 2. The molecular formula is C21H23N3O4. The fraction of sp³-hybridized carbons (Fsp3) is 0.333. The highest BCUT2D eigenvalue weighted by molar-refractivity contribution is 5.90. The van der Waals surface area contributed by atoms with Crippen LogP contribution >= 0.6 is 0 Å². The van der Waals surface area contributed by atoms with Crippen molar-refractivity contribution in [3.63, 3.8) is 0 Å². The van der Waals surface area contributed by atoms with Gasteiger partial charge in [-0.1, -0.05) is 12.1 Å². The van der Waals surface area contributed by atoms with Crippen molar-refractivity contribution in [1.82, 2.24) is 9.88 Å². The van der Waals surface area contributed by atoms with E-state index in [0.29, 0.717) is 30.3 Å². The largest absolute Gasteiger partial charge is 0.497 e. The lowest BCUT2D eigenvalue weighted by atomic mass is 9.97. The number of hydrogen-bond donors (Lipinski definition) is 1. The third kappa shape index (κ3) is 3.74. The molecule has 0 atom stereocenters. The first kappa shape index (κ1) is 18.2. The van der Waals surface area contributed by atoms with E-state index in [9.17, 15) is 4.79 Å². The van der Waals surface area contributed by atoms with Crippen LogP contribution in [0.1, 0.15) is 24.7 Å². The number of oxazole rings is 1. The number of rotatable bonds is 4. The summed E-state index contributed by atoms with van der Waals surface area (Å²) in [6.45, 7) is 1.30. The van der Waals surface area contributed by atoms with Crippen LogP contribution < -0.4 is 14.8 Å². The van der Waals surface area contributed by atoms with Crippen molar-refractivity contribution in [1.29, 1.82) is 0 Å². The van der Waals surface area contributed by atoms with E-state index in [0.717, 1.165) is 29.8 Å². The molecule has 2 heterocycles. The number of hydrogen-bond acceptors (Lipinski definition) is 5. The number of fused-ring (bicyclic) bond motifs is 1. The van der Waals surface area contributed by atoms with E-state index in [4.69, 9.17) is 13.9 Å². The minimum absolute atomic E-state index is 0.133. The first-order valence-electron chi connectivity index (χ1n) is 9.30. The zero-order chi connectivity index (χ0) is 19.5. The molecule has 1 saturated heterocycles. The van der Waals surface area contributed by atoms with E-state index in [1.165, 1.54) is 0 Å². The second-order valence-electron chi connectivity index (χ2n) is 6.81. The lowest BCUT2D eigenvalue weighted by Gasteiger charge is -2.30. The Morgan fingerprint density at radius 2 is 1.79 bits per heavy atom. The molecule has 7 heteroatoms. The molecule has 0 bridgehead atoms. The summed E-state index contributed by atoms with van der Waals surface area (Å²) >= 11 is 0. The number of ether oxygens (including phenoxy) is 2. The number of urea groups is 1. The van der Waals surface area contributed by atoms with Gasteiger partial charge in [0.2, 0.25) is 0 Å². The van der Waals surface area contributed by atoms with Gasteiger partial charge in [0, 0.05) is 42.9 Å². The van der Waals surface area contributed by atoms with Gasteiger partial charge >= 0.3 is 6.03 Å². The van der Waals surface area contributed by atoms with Gasteiger partial charge in [-0.15, -0.1) is 0 Å². The molecule has 0 radical (unpaired) electrons. The maximum absolute atomic E-state index is 12.6. The van der Waals surface area contributed by atoms with Gasteiger partial charge in [0.1, 0.15) is 17.0 Å². The highest BCUT2D eigenvalue weighted by atomic mass is 16.5. The number of methoxy groups -OCH3 is 2. The molecule has 0 spiro atoms. The first-order chi connectivity index (χ1) is 13.7. The van der Waals surface area contributed by atoms with Gasteiger partial charge in [0.05, 0.1) is 14.2 Å². The number of amides is 2. The van der Waals surface area contributed by atoms with E-state index in [-0.39, 0.29) is 11.9 Å². The normalized spacial score (nSPS) is 14.9. The van der Waals surface area contributed by atoms with Gasteiger partial charge in [-0.05, 0) is 25.0 Å². The van der Waals surface area contributed by atoms with Gasteiger partial charge in [-0.2, -0.15) is 0 Å². The third-order valence-corrected chi connectivity index (χ3v) is 5.04. The second kappa shape index (κ2) is 7.80. The van der Waals surface area contributed by atoms with Crippen LogP contribution in [-0.4, -0.2) is 43.2 Å². The Kier molecular flexibility index (Phi) is 5.06.